The Kier molecular flexibility index (Phi) is 6.85. The lowest BCUT2D eigenvalue weighted by atomic mass is 10.1. The van der Waals surface area contributed by atoms with Crippen molar-refractivity contribution in [3.05, 3.63) is 71.4 Å². The molecule has 33 heavy (non-hydrogen) atoms. The second kappa shape index (κ2) is 9.80. The Bertz CT molecular complexity index is 1250. The first-order chi connectivity index (χ1) is 15.9. The van der Waals surface area contributed by atoms with Gasteiger partial charge in [-0.1, -0.05) is 18.0 Å². The smallest absolute Gasteiger partial charge is 0.255 e. The van der Waals surface area contributed by atoms with Gasteiger partial charge in [0.2, 0.25) is 10.0 Å². The fourth-order valence-electron chi connectivity index (χ4n) is 3.70. The quantitative estimate of drug-likeness (QED) is 0.550. The molecular weight excluding hydrogens is 462 g/mol. The number of benzene rings is 2. The van der Waals surface area contributed by atoms with Gasteiger partial charge in [0.1, 0.15) is 5.75 Å². The minimum Gasteiger partial charge on any atom is -0.495 e. The maximum absolute atomic E-state index is 12.8. The van der Waals surface area contributed by atoms with Crippen LogP contribution in [-0.4, -0.2) is 38.7 Å². The molecule has 0 unspecified atom stereocenters. The standard InChI is InChI=1S/C24H24ClN3O4S/c1-32-20-10-12-23(26-16-20)21-15-18(7-11-22(21)25)27-24(29)17-5-8-19(9-6-17)28-13-3-2-4-14-33(28,30)31/h5-12,15-16H,2-4,13-14H2,1H3,(H,27,29). The summed E-state index contributed by atoms with van der Waals surface area (Å²) in [5.41, 5.74) is 2.90. The summed E-state index contributed by atoms with van der Waals surface area (Å²) in [4.78, 5) is 17.1. The Labute approximate surface area is 198 Å². The first-order valence-corrected chi connectivity index (χ1v) is 12.6. The summed E-state index contributed by atoms with van der Waals surface area (Å²) in [5, 5.41) is 3.37. The summed E-state index contributed by atoms with van der Waals surface area (Å²) >= 11 is 6.35. The van der Waals surface area contributed by atoms with Gasteiger partial charge in [-0.3, -0.25) is 14.1 Å². The number of carbonyl (C=O) groups excluding carboxylic acids is 1. The van der Waals surface area contributed by atoms with E-state index in [1.165, 1.54) is 4.31 Å². The van der Waals surface area contributed by atoms with Gasteiger partial charge in [0, 0.05) is 23.4 Å². The second-order valence-corrected chi connectivity index (χ2v) is 10.1. The zero-order valence-corrected chi connectivity index (χ0v) is 19.7. The largest absolute Gasteiger partial charge is 0.495 e. The highest BCUT2D eigenvalue weighted by atomic mass is 35.5. The van der Waals surface area contributed by atoms with E-state index in [1.54, 1.807) is 67.9 Å². The van der Waals surface area contributed by atoms with Crippen LogP contribution in [0, 0.1) is 0 Å². The number of nitrogens with zero attached hydrogens (tertiary/aromatic N) is 2. The third-order valence-corrected chi connectivity index (χ3v) is 7.69. The normalized spacial score (nSPS) is 15.5. The predicted molar refractivity (Wildman–Crippen MR) is 131 cm³/mol. The first kappa shape index (κ1) is 23.1. The molecule has 1 fully saturated rings. The highest BCUT2D eigenvalue weighted by Crippen LogP contribution is 2.30. The zero-order chi connectivity index (χ0) is 23.4. The number of methoxy groups -OCH3 is 1. The number of carbonyl (C=O) groups is 1. The molecule has 1 aromatic heterocycles. The molecule has 1 aliphatic heterocycles. The molecule has 0 aliphatic carbocycles. The number of hydrogen-bond donors (Lipinski definition) is 1. The molecule has 0 atom stereocenters. The van der Waals surface area contributed by atoms with Gasteiger partial charge in [0.15, 0.2) is 0 Å². The lowest BCUT2D eigenvalue weighted by Crippen LogP contribution is -2.32. The van der Waals surface area contributed by atoms with Crippen molar-refractivity contribution in [1.82, 2.24) is 4.98 Å². The van der Waals surface area contributed by atoms with Crippen LogP contribution in [0.15, 0.2) is 60.8 Å². The molecule has 7 nitrogen and oxygen atoms in total. The van der Waals surface area contributed by atoms with Gasteiger partial charge in [-0.15, -0.1) is 0 Å². The zero-order valence-electron chi connectivity index (χ0n) is 18.1. The summed E-state index contributed by atoms with van der Waals surface area (Å²) in [5.74, 6) is 0.476. The topological polar surface area (TPSA) is 88.6 Å². The van der Waals surface area contributed by atoms with Crippen molar-refractivity contribution in [3.63, 3.8) is 0 Å². The Hall–Kier alpha value is -3.10. The first-order valence-electron chi connectivity index (χ1n) is 10.6. The van der Waals surface area contributed by atoms with Gasteiger partial charge < -0.3 is 10.1 Å². The number of anilines is 2. The SMILES string of the molecule is COc1ccc(-c2cc(NC(=O)c3ccc(N4CCCCCS4(=O)=O)cc3)ccc2Cl)nc1. The van der Waals surface area contributed by atoms with E-state index < -0.39 is 10.0 Å². The molecule has 3 aromatic rings. The minimum atomic E-state index is -3.33. The van der Waals surface area contributed by atoms with Crippen LogP contribution in [-0.2, 0) is 10.0 Å². The van der Waals surface area contributed by atoms with E-state index in [0.29, 0.717) is 51.9 Å². The van der Waals surface area contributed by atoms with Crippen LogP contribution in [0.4, 0.5) is 11.4 Å². The van der Waals surface area contributed by atoms with E-state index in [9.17, 15) is 13.2 Å². The molecule has 1 N–H and O–H groups in total. The van der Waals surface area contributed by atoms with Crippen LogP contribution >= 0.6 is 11.6 Å². The fraction of sp³-hybridized carbons (Fsp3) is 0.250. The van der Waals surface area contributed by atoms with Gasteiger partial charge in [-0.2, -0.15) is 0 Å². The average molecular weight is 486 g/mol. The van der Waals surface area contributed by atoms with Crippen LogP contribution < -0.4 is 14.4 Å². The molecule has 1 saturated heterocycles. The Morgan fingerprint density at radius 2 is 1.85 bits per heavy atom. The Morgan fingerprint density at radius 1 is 1.06 bits per heavy atom. The molecule has 0 spiro atoms. The lowest BCUT2D eigenvalue weighted by molar-refractivity contribution is 0.102. The molecule has 0 saturated carbocycles. The molecule has 2 heterocycles. The van der Waals surface area contributed by atoms with Crippen molar-refractivity contribution in [1.29, 1.82) is 0 Å². The van der Waals surface area contributed by atoms with Crippen molar-refractivity contribution in [3.8, 4) is 17.0 Å². The number of sulfonamides is 1. The highest BCUT2D eigenvalue weighted by molar-refractivity contribution is 7.92. The molecule has 4 rings (SSSR count). The van der Waals surface area contributed by atoms with Crippen LogP contribution in [0.5, 0.6) is 5.75 Å². The predicted octanol–water partition coefficient (Wildman–Crippen LogP) is 4.98. The molecule has 1 amide bonds. The van der Waals surface area contributed by atoms with Gasteiger partial charge in [0.05, 0.1) is 35.5 Å². The van der Waals surface area contributed by atoms with Crippen molar-refractivity contribution in [2.75, 3.05) is 29.0 Å². The van der Waals surface area contributed by atoms with Gasteiger partial charge in [0.25, 0.3) is 5.91 Å². The van der Waals surface area contributed by atoms with Crippen LogP contribution in [0.1, 0.15) is 29.6 Å². The molecular formula is C24H24ClN3O4S. The van der Waals surface area contributed by atoms with E-state index in [2.05, 4.69) is 10.3 Å². The number of aromatic nitrogens is 1. The maximum atomic E-state index is 12.8. The van der Waals surface area contributed by atoms with Gasteiger partial charge in [-0.05, 0) is 67.4 Å². The molecule has 2 aromatic carbocycles. The Morgan fingerprint density at radius 3 is 2.55 bits per heavy atom. The number of ether oxygens (including phenoxy) is 1. The Balaban J connectivity index is 1.51. The van der Waals surface area contributed by atoms with Crippen LogP contribution in [0.3, 0.4) is 0 Å². The maximum Gasteiger partial charge on any atom is 0.255 e. The third kappa shape index (κ3) is 5.29. The van der Waals surface area contributed by atoms with E-state index in [4.69, 9.17) is 16.3 Å². The molecule has 9 heteroatoms. The number of nitrogens with one attached hydrogen (secondary N) is 1. The third-order valence-electron chi connectivity index (χ3n) is 5.49. The summed E-state index contributed by atoms with van der Waals surface area (Å²) in [7, 11) is -1.76. The van der Waals surface area contributed by atoms with E-state index >= 15 is 0 Å². The van der Waals surface area contributed by atoms with E-state index in [-0.39, 0.29) is 11.7 Å². The number of hydrogen-bond acceptors (Lipinski definition) is 5. The summed E-state index contributed by atoms with van der Waals surface area (Å²) in [6, 6.07) is 15.4. The number of amides is 1. The summed E-state index contributed by atoms with van der Waals surface area (Å²) in [6.07, 6.45) is 3.99. The molecule has 172 valence electrons. The molecule has 0 radical (unpaired) electrons. The van der Waals surface area contributed by atoms with E-state index in [1.807, 2.05) is 0 Å². The molecule has 0 bridgehead atoms. The van der Waals surface area contributed by atoms with Crippen LogP contribution in [0.25, 0.3) is 11.3 Å². The van der Waals surface area contributed by atoms with E-state index in [0.717, 1.165) is 12.8 Å². The lowest BCUT2D eigenvalue weighted by Gasteiger charge is -2.22. The molecule has 1 aliphatic rings. The average Bonchev–Trinajstić information content (AvgIpc) is 3.00. The fourth-order valence-corrected chi connectivity index (χ4v) is 5.55. The number of pyridine rings is 1. The summed E-state index contributed by atoms with van der Waals surface area (Å²) < 4.78 is 31.6. The van der Waals surface area contributed by atoms with Crippen LogP contribution in [0.2, 0.25) is 5.02 Å². The number of rotatable bonds is 5. The number of halogens is 1. The monoisotopic (exact) mass is 485 g/mol. The van der Waals surface area contributed by atoms with Crippen molar-refractivity contribution in [2.45, 2.75) is 19.3 Å². The minimum absolute atomic E-state index is 0.150. The van der Waals surface area contributed by atoms with Gasteiger partial charge in [-0.25, -0.2) is 8.42 Å². The van der Waals surface area contributed by atoms with Crippen molar-refractivity contribution < 1.29 is 17.9 Å². The highest BCUT2D eigenvalue weighted by Gasteiger charge is 2.24. The van der Waals surface area contributed by atoms with Gasteiger partial charge >= 0.3 is 0 Å². The van der Waals surface area contributed by atoms with Crippen molar-refractivity contribution >= 4 is 38.9 Å². The second-order valence-electron chi connectivity index (χ2n) is 7.73. The van der Waals surface area contributed by atoms with Crippen molar-refractivity contribution in [2.24, 2.45) is 0 Å². The summed E-state index contributed by atoms with van der Waals surface area (Å²) in [6.45, 7) is 0.459.